The normalized spacial score (nSPS) is 20.6. The lowest BCUT2D eigenvalue weighted by Gasteiger charge is -2.37. The van der Waals surface area contributed by atoms with Gasteiger partial charge in [-0.2, -0.15) is 0 Å². The molecule has 1 fully saturated rings. The molecular formula is C23H26N4O2. The second-order valence-corrected chi connectivity index (χ2v) is 8.37. The number of hydrogen-bond donors (Lipinski definition) is 1. The van der Waals surface area contributed by atoms with Gasteiger partial charge in [0.05, 0.1) is 6.54 Å². The first kappa shape index (κ1) is 18.3. The predicted molar refractivity (Wildman–Crippen MR) is 112 cm³/mol. The van der Waals surface area contributed by atoms with Crippen LogP contribution in [0.25, 0.3) is 11.3 Å². The summed E-state index contributed by atoms with van der Waals surface area (Å²) in [4.78, 5) is 15.2. The highest BCUT2D eigenvalue weighted by Crippen LogP contribution is 2.31. The Morgan fingerprint density at radius 1 is 1.17 bits per heavy atom. The highest BCUT2D eigenvalue weighted by atomic mass is 16.5. The third-order valence-corrected chi connectivity index (χ3v) is 6.08. The van der Waals surface area contributed by atoms with Crippen LogP contribution in [-0.4, -0.2) is 34.8 Å². The van der Waals surface area contributed by atoms with Crippen LogP contribution in [0.2, 0.25) is 0 Å². The molecule has 2 aliphatic rings. The van der Waals surface area contributed by atoms with Gasteiger partial charge < -0.3 is 14.4 Å². The van der Waals surface area contributed by atoms with Crippen LogP contribution < -0.4 is 10.9 Å². The maximum absolute atomic E-state index is 13.1. The largest absolute Gasteiger partial charge is 0.359 e. The zero-order valence-corrected chi connectivity index (χ0v) is 16.7. The molecule has 6 heteroatoms. The number of nitrogens with one attached hydrogen (secondary N) is 1. The number of benzene rings is 1. The number of hydrogen-bond acceptors (Lipinski definition) is 5. The maximum atomic E-state index is 13.1. The molecule has 2 atom stereocenters. The summed E-state index contributed by atoms with van der Waals surface area (Å²) < 4.78 is 7.54. The summed E-state index contributed by atoms with van der Waals surface area (Å²) in [5.74, 6) is 1.83. The molecule has 2 aromatic heterocycles. The van der Waals surface area contributed by atoms with Crippen molar-refractivity contribution in [2.75, 3.05) is 20.1 Å². The van der Waals surface area contributed by atoms with E-state index in [9.17, 15) is 4.79 Å². The monoisotopic (exact) mass is 390 g/mol. The molecule has 2 bridgehead atoms. The van der Waals surface area contributed by atoms with Crippen molar-refractivity contribution >= 4 is 0 Å². The van der Waals surface area contributed by atoms with Crippen molar-refractivity contribution < 1.29 is 4.52 Å². The number of rotatable bonds is 5. The van der Waals surface area contributed by atoms with Gasteiger partial charge in [-0.05, 0) is 32.0 Å². The Kier molecular flexibility index (Phi) is 4.81. The summed E-state index contributed by atoms with van der Waals surface area (Å²) in [6.07, 6.45) is 1.20. The summed E-state index contributed by atoms with van der Waals surface area (Å²) >= 11 is 0. The number of pyridine rings is 1. The Morgan fingerprint density at radius 2 is 2.03 bits per heavy atom. The van der Waals surface area contributed by atoms with Crippen LogP contribution in [0.15, 0.2) is 57.8 Å². The third kappa shape index (κ3) is 3.66. The molecule has 1 saturated heterocycles. The van der Waals surface area contributed by atoms with Gasteiger partial charge in [-0.25, -0.2) is 0 Å². The minimum atomic E-state index is 0.161. The average Bonchev–Trinajstić information content (AvgIpc) is 3.20. The number of nitrogens with zero attached hydrogens (tertiary/aromatic N) is 3. The first-order valence-corrected chi connectivity index (χ1v) is 10.3. The maximum Gasteiger partial charge on any atom is 0.255 e. The zero-order valence-electron chi connectivity index (χ0n) is 16.7. The van der Waals surface area contributed by atoms with E-state index in [1.165, 1.54) is 12.1 Å². The van der Waals surface area contributed by atoms with Crippen molar-refractivity contribution in [2.45, 2.75) is 32.0 Å². The van der Waals surface area contributed by atoms with E-state index in [1.54, 1.807) is 0 Å². The topological polar surface area (TPSA) is 63.3 Å². The summed E-state index contributed by atoms with van der Waals surface area (Å²) in [7, 11) is 2.01. The van der Waals surface area contributed by atoms with Gasteiger partial charge in [0.2, 0.25) is 0 Å². The Balaban J connectivity index is 1.30. The van der Waals surface area contributed by atoms with Crippen LogP contribution in [0.1, 0.15) is 29.4 Å². The lowest BCUT2D eigenvalue weighted by molar-refractivity contribution is 0.250. The molecule has 4 heterocycles. The molecule has 2 aliphatic heterocycles. The van der Waals surface area contributed by atoms with Crippen molar-refractivity contribution in [3.63, 3.8) is 0 Å². The van der Waals surface area contributed by atoms with E-state index in [0.29, 0.717) is 24.9 Å². The SMILES string of the molecule is CN(Cc1cc(-c2ccccc2)no1)Cc1ccc2n(c1=O)C[C@@H]1CNC[C@H]2C1. The van der Waals surface area contributed by atoms with Gasteiger partial charge in [-0.15, -0.1) is 0 Å². The fourth-order valence-electron chi connectivity index (χ4n) is 4.70. The van der Waals surface area contributed by atoms with Gasteiger partial charge in [-0.1, -0.05) is 41.6 Å². The van der Waals surface area contributed by atoms with Crippen LogP contribution in [0.4, 0.5) is 0 Å². The lowest BCUT2D eigenvalue weighted by Crippen LogP contribution is -2.45. The molecule has 5 rings (SSSR count). The Morgan fingerprint density at radius 3 is 2.90 bits per heavy atom. The molecule has 0 amide bonds. The molecule has 0 saturated carbocycles. The lowest BCUT2D eigenvalue weighted by atomic mass is 9.84. The van der Waals surface area contributed by atoms with E-state index in [4.69, 9.17) is 4.52 Å². The molecule has 0 unspecified atom stereocenters. The summed E-state index contributed by atoms with van der Waals surface area (Å²) in [5.41, 5.74) is 4.06. The van der Waals surface area contributed by atoms with Crippen LogP contribution in [0.5, 0.6) is 0 Å². The van der Waals surface area contributed by atoms with E-state index in [0.717, 1.165) is 42.2 Å². The summed E-state index contributed by atoms with van der Waals surface area (Å²) in [6.45, 7) is 4.02. The van der Waals surface area contributed by atoms with Crippen molar-refractivity contribution in [2.24, 2.45) is 5.92 Å². The first-order valence-electron chi connectivity index (χ1n) is 10.3. The number of piperidine rings is 1. The Hall–Kier alpha value is -2.70. The van der Waals surface area contributed by atoms with Crippen LogP contribution in [0.3, 0.4) is 0 Å². The molecule has 6 nitrogen and oxygen atoms in total. The van der Waals surface area contributed by atoms with Gasteiger partial charge in [0.1, 0.15) is 5.69 Å². The fraction of sp³-hybridized carbons (Fsp3) is 0.391. The molecular weight excluding hydrogens is 364 g/mol. The summed E-state index contributed by atoms with van der Waals surface area (Å²) in [5, 5.41) is 7.68. The smallest absolute Gasteiger partial charge is 0.255 e. The van der Waals surface area contributed by atoms with Crippen molar-refractivity contribution in [1.82, 2.24) is 19.9 Å². The molecule has 1 N–H and O–H groups in total. The standard InChI is InChI=1S/C23H26N4O2/c1-26(15-20-10-21(25-29-20)17-5-3-2-4-6-17)14-18-7-8-22-19-9-16(11-24-12-19)13-27(22)23(18)28/h2-8,10,16,19,24H,9,11-15H2,1H3/t16-,19+/m0/s1. The highest BCUT2D eigenvalue weighted by molar-refractivity contribution is 5.58. The first-order chi connectivity index (χ1) is 14.2. The van der Waals surface area contributed by atoms with Gasteiger partial charge in [0.25, 0.3) is 5.56 Å². The minimum absolute atomic E-state index is 0.161. The quantitative estimate of drug-likeness (QED) is 0.726. The molecule has 0 radical (unpaired) electrons. The van der Waals surface area contributed by atoms with Crippen molar-refractivity contribution in [3.8, 4) is 11.3 Å². The fourth-order valence-corrected chi connectivity index (χ4v) is 4.70. The Bertz CT molecular complexity index is 1060. The van der Waals surface area contributed by atoms with E-state index < -0.39 is 0 Å². The van der Waals surface area contributed by atoms with Gasteiger partial charge in [0.15, 0.2) is 5.76 Å². The van der Waals surface area contributed by atoms with Crippen molar-refractivity contribution in [1.29, 1.82) is 0 Å². The van der Waals surface area contributed by atoms with Gasteiger partial charge >= 0.3 is 0 Å². The van der Waals surface area contributed by atoms with Gasteiger partial charge in [0, 0.05) is 48.4 Å². The molecule has 3 aromatic rings. The highest BCUT2D eigenvalue weighted by Gasteiger charge is 2.31. The van der Waals surface area contributed by atoms with Gasteiger partial charge in [-0.3, -0.25) is 9.69 Å². The van der Waals surface area contributed by atoms with Crippen LogP contribution in [0, 0.1) is 5.92 Å². The second-order valence-electron chi connectivity index (χ2n) is 8.37. The average molecular weight is 390 g/mol. The molecule has 0 spiro atoms. The Labute approximate surface area is 170 Å². The molecule has 1 aromatic carbocycles. The molecule has 0 aliphatic carbocycles. The molecule has 150 valence electrons. The van der Waals surface area contributed by atoms with E-state index >= 15 is 0 Å². The number of aromatic nitrogens is 2. The van der Waals surface area contributed by atoms with E-state index in [-0.39, 0.29) is 5.56 Å². The minimum Gasteiger partial charge on any atom is -0.359 e. The second kappa shape index (κ2) is 7.61. The van der Waals surface area contributed by atoms with E-state index in [1.807, 2.05) is 54.1 Å². The van der Waals surface area contributed by atoms with E-state index in [2.05, 4.69) is 21.4 Å². The summed E-state index contributed by atoms with van der Waals surface area (Å²) in [6, 6.07) is 16.1. The van der Waals surface area contributed by atoms with Crippen LogP contribution >= 0.6 is 0 Å². The van der Waals surface area contributed by atoms with Crippen LogP contribution in [-0.2, 0) is 19.6 Å². The third-order valence-electron chi connectivity index (χ3n) is 6.08. The number of fused-ring (bicyclic) bond motifs is 4. The molecule has 29 heavy (non-hydrogen) atoms. The van der Waals surface area contributed by atoms with Crippen molar-refractivity contribution in [3.05, 3.63) is 75.9 Å². The predicted octanol–water partition coefficient (Wildman–Crippen LogP) is 2.84. The zero-order chi connectivity index (χ0) is 19.8.